The highest BCUT2D eigenvalue weighted by molar-refractivity contribution is 5.48. The molecule has 0 saturated carbocycles. The summed E-state index contributed by atoms with van der Waals surface area (Å²) < 4.78 is 5.60. The van der Waals surface area contributed by atoms with E-state index in [-0.39, 0.29) is 17.7 Å². The summed E-state index contributed by atoms with van der Waals surface area (Å²) in [4.78, 5) is 14.6. The van der Waals surface area contributed by atoms with Crippen LogP contribution in [0.25, 0.3) is 0 Å². The van der Waals surface area contributed by atoms with E-state index in [1.165, 1.54) is 12.1 Å². The third kappa shape index (κ3) is 3.87. The van der Waals surface area contributed by atoms with Crippen LogP contribution in [0.4, 0.5) is 11.5 Å². The number of anilines is 1. The molecule has 1 N–H and O–H groups in total. The molecule has 6 nitrogen and oxygen atoms in total. The van der Waals surface area contributed by atoms with Gasteiger partial charge in [0.25, 0.3) is 5.69 Å². The highest BCUT2D eigenvalue weighted by Gasteiger charge is 2.15. The van der Waals surface area contributed by atoms with E-state index in [0.717, 1.165) is 0 Å². The maximum atomic E-state index is 10.8. The van der Waals surface area contributed by atoms with Gasteiger partial charge in [0.2, 0.25) is 5.88 Å². The van der Waals surface area contributed by atoms with Gasteiger partial charge in [0.15, 0.2) is 0 Å². The first-order valence-electron chi connectivity index (χ1n) is 6.01. The number of aromatic nitrogens is 1. The Kier molecular flexibility index (Phi) is 4.88. The fraction of sp³-hybridized carbons (Fsp3) is 0.583. The highest BCUT2D eigenvalue weighted by atomic mass is 16.6. The lowest BCUT2D eigenvalue weighted by atomic mass is 10.1. The SMILES string of the molecule is CCNc1cc([N+](=O)[O-])cc(OC(C)C(C)C)n1. The van der Waals surface area contributed by atoms with Gasteiger partial charge in [-0.05, 0) is 19.8 Å². The van der Waals surface area contributed by atoms with Crippen molar-refractivity contribution in [3.05, 3.63) is 22.2 Å². The molecule has 1 atom stereocenters. The normalized spacial score (nSPS) is 12.3. The molecule has 1 heterocycles. The molecule has 0 radical (unpaired) electrons. The first-order valence-corrected chi connectivity index (χ1v) is 6.01. The molecule has 0 bridgehead atoms. The van der Waals surface area contributed by atoms with E-state index in [4.69, 9.17) is 4.74 Å². The second-order valence-electron chi connectivity index (χ2n) is 4.40. The van der Waals surface area contributed by atoms with Crippen LogP contribution in [-0.4, -0.2) is 22.6 Å². The number of ether oxygens (including phenoxy) is 1. The van der Waals surface area contributed by atoms with Crippen LogP contribution in [0, 0.1) is 16.0 Å². The minimum atomic E-state index is -0.449. The predicted octanol–water partition coefficient (Wildman–Crippen LogP) is 2.84. The summed E-state index contributed by atoms with van der Waals surface area (Å²) in [5.74, 6) is 1.05. The third-order valence-electron chi connectivity index (χ3n) is 2.60. The zero-order valence-electron chi connectivity index (χ0n) is 11.1. The van der Waals surface area contributed by atoms with Gasteiger partial charge in [-0.1, -0.05) is 13.8 Å². The molecule has 0 fully saturated rings. The molecule has 0 aliphatic rings. The molecule has 0 aromatic carbocycles. The van der Waals surface area contributed by atoms with E-state index in [1.54, 1.807) is 0 Å². The first-order chi connectivity index (χ1) is 8.43. The van der Waals surface area contributed by atoms with Crippen molar-refractivity contribution in [1.82, 2.24) is 4.98 Å². The molecule has 1 aromatic heterocycles. The van der Waals surface area contributed by atoms with Crippen LogP contribution in [0.5, 0.6) is 5.88 Å². The Morgan fingerprint density at radius 2 is 2.11 bits per heavy atom. The Morgan fingerprint density at radius 1 is 1.44 bits per heavy atom. The van der Waals surface area contributed by atoms with Gasteiger partial charge in [0, 0.05) is 6.54 Å². The van der Waals surface area contributed by atoms with Gasteiger partial charge in [-0.15, -0.1) is 0 Å². The molecule has 0 amide bonds. The predicted molar refractivity (Wildman–Crippen MR) is 70.0 cm³/mol. The molecule has 1 rings (SSSR count). The van der Waals surface area contributed by atoms with Crippen LogP contribution in [0.3, 0.4) is 0 Å². The summed E-state index contributed by atoms with van der Waals surface area (Å²) in [5.41, 5.74) is -0.0214. The van der Waals surface area contributed by atoms with Gasteiger partial charge in [-0.3, -0.25) is 10.1 Å². The number of nitrogens with zero attached hydrogens (tertiary/aromatic N) is 2. The maximum absolute atomic E-state index is 10.8. The lowest BCUT2D eigenvalue weighted by Gasteiger charge is -2.17. The minimum Gasteiger partial charge on any atom is -0.474 e. The summed E-state index contributed by atoms with van der Waals surface area (Å²) >= 11 is 0. The summed E-state index contributed by atoms with van der Waals surface area (Å²) in [5, 5.41) is 13.8. The molecule has 18 heavy (non-hydrogen) atoms. The topological polar surface area (TPSA) is 77.3 Å². The van der Waals surface area contributed by atoms with Gasteiger partial charge in [0.1, 0.15) is 5.82 Å². The van der Waals surface area contributed by atoms with Crippen molar-refractivity contribution in [1.29, 1.82) is 0 Å². The van der Waals surface area contributed by atoms with Crippen molar-refractivity contribution in [2.75, 3.05) is 11.9 Å². The molecule has 0 saturated heterocycles. The minimum absolute atomic E-state index is 0.0214. The Morgan fingerprint density at radius 3 is 2.61 bits per heavy atom. The van der Waals surface area contributed by atoms with Crippen molar-refractivity contribution >= 4 is 11.5 Å². The van der Waals surface area contributed by atoms with E-state index in [2.05, 4.69) is 10.3 Å². The van der Waals surface area contributed by atoms with Gasteiger partial charge in [-0.25, -0.2) is 0 Å². The van der Waals surface area contributed by atoms with E-state index in [9.17, 15) is 10.1 Å². The van der Waals surface area contributed by atoms with Crippen LogP contribution >= 0.6 is 0 Å². The van der Waals surface area contributed by atoms with Crippen LogP contribution in [-0.2, 0) is 0 Å². The second-order valence-corrected chi connectivity index (χ2v) is 4.40. The first kappa shape index (κ1) is 14.2. The van der Waals surface area contributed by atoms with E-state index < -0.39 is 4.92 Å². The highest BCUT2D eigenvalue weighted by Crippen LogP contribution is 2.23. The molecule has 100 valence electrons. The average Bonchev–Trinajstić information content (AvgIpc) is 2.28. The number of rotatable bonds is 6. The second kappa shape index (κ2) is 6.18. The number of pyridine rings is 1. The molecule has 0 aliphatic carbocycles. The Bertz CT molecular complexity index is 421. The number of nitro groups is 1. The van der Waals surface area contributed by atoms with Crippen molar-refractivity contribution in [3.63, 3.8) is 0 Å². The third-order valence-corrected chi connectivity index (χ3v) is 2.60. The maximum Gasteiger partial charge on any atom is 0.278 e. The summed E-state index contributed by atoms with van der Waals surface area (Å²) in [6.07, 6.45) is -0.0472. The molecule has 6 heteroatoms. The molecular weight excluding hydrogens is 234 g/mol. The fourth-order valence-electron chi connectivity index (χ4n) is 1.26. The van der Waals surface area contributed by atoms with Crippen LogP contribution < -0.4 is 10.1 Å². The van der Waals surface area contributed by atoms with Gasteiger partial charge in [0.05, 0.1) is 23.2 Å². The van der Waals surface area contributed by atoms with Gasteiger partial charge in [-0.2, -0.15) is 4.98 Å². The Balaban J connectivity index is 2.99. The molecule has 1 aromatic rings. The molecule has 1 unspecified atom stereocenters. The van der Waals surface area contributed by atoms with E-state index >= 15 is 0 Å². The monoisotopic (exact) mass is 253 g/mol. The van der Waals surface area contributed by atoms with Crippen molar-refractivity contribution < 1.29 is 9.66 Å². The zero-order valence-corrected chi connectivity index (χ0v) is 11.1. The fourth-order valence-corrected chi connectivity index (χ4v) is 1.26. The molecular formula is C12H19N3O3. The summed E-state index contributed by atoms with van der Waals surface area (Å²) in [6, 6.07) is 2.75. The van der Waals surface area contributed by atoms with Gasteiger partial charge >= 0.3 is 0 Å². The Labute approximate surface area is 107 Å². The zero-order chi connectivity index (χ0) is 13.7. The standard InChI is InChI=1S/C12H19N3O3/c1-5-13-11-6-10(15(16)17)7-12(14-11)18-9(4)8(2)3/h6-9H,5H2,1-4H3,(H,13,14). The van der Waals surface area contributed by atoms with Crippen LogP contribution in [0.15, 0.2) is 12.1 Å². The van der Waals surface area contributed by atoms with Crippen LogP contribution in [0.1, 0.15) is 27.7 Å². The number of hydrogen-bond donors (Lipinski definition) is 1. The quantitative estimate of drug-likeness (QED) is 0.623. The summed E-state index contributed by atoms with van der Waals surface area (Å²) in [6.45, 7) is 8.50. The van der Waals surface area contributed by atoms with Crippen molar-refractivity contribution in [3.8, 4) is 5.88 Å². The number of nitrogens with one attached hydrogen (secondary N) is 1. The van der Waals surface area contributed by atoms with E-state index in [0.29, 0.717) is 18.3 Å². The van der Waals surface area contributed by atoms with Gasteiger partial charge < -0.3 is 10.1 Å². The van der Waals surface area contributed by atoms with Crippen molar-refractivity contribution in [2.24, 2.45) is 5.92 Å². The van der Waals surface area contributed by atoms with Crippen molar-refractivity contribution in [2.45, 2.75) is 33.8 Å². The molecule has 0 spiro atoms. The molecule has 0 aliphatic heterocycles. The van der Waals surface area contributed by atoms with Crippen LogP contribution in [0.2, 0.25) is 0 Å². The largest absolute Gasteiger partial charge is 0.474 e. The Hall–Kier alpha value is -1.85. The smallest absolute Gasteiger partial charge is 0.278 e. The lowest BCUT2D eigenvalue weighted by Crippen LogP contribution is -2.19. The number of hydrogen-bond acceptors (Lipinski definition) is 5. The summed E-state index contributed by atoms with van der Waals surface area (Å²) in [7, 11) is 0. The van der Waals surface area contributed by atoms with E-state index in [1.807, 2.05) is 27.7 Å². The lowest BCUT2D eigenvalue weighted by molar-refractivity contribution is -0.384. The average molecular weight is 253 g/mol.